The molecule has 0 fully saturated rings. The van der Waals surface area contributed by atoms with E-state index in [1.54, 1.807) is 23.0 Å². The molecule has 1 amide bonds. The highest BCUT2D eigenvalue weighted by atomic mass is 16.2. The summed E-state index contributed by atoms with van der Waals surface area (Å²) in [5.74, 6) is 0.727. The monoisotopic (exact) mass is 327 g/mol. The van der Waals surface area contributed by atoms with Crippen LogP contribution in [0.3, 0.4) is 0 Å². The van der Waals surface area contributed by atoms with Crippen LogP contribution in [0.5, 0.6) is 0 Å². The van der Waals surface area contributed by atoms with Gasteiger partial charge in [-0.2, -0.15) is 5.10 Å². The van der Waals surface area contributed by atoms with Gasteiger partial charge in [-0.15, -0.1) is 0 Å². The SMILES string of the molecule is O=C(C=Cc1cccnc1)NCCCn1nc2n(c1=O)CCCC2. The third kappa shape index (κ3) is 3.98. The standard InChI is InChI=1S/C17H21N5O2/c23-16(8-7-14-5-3-9-18-13-14)19-10-4-12-22-17(24)21-11-2-1-6-15(21)20-22/h3,5,7-9,13H,1-2,4,6,10-12H2,(H,19,23). The van der Waals surface area contributed by atoms with E-state index in [2.05, 4.69) is 15.4 Å². The Kier molecular flexibility index (Phi) is 5.20. The van der Waals surface area contributed by atoms with Gasteiger partial charge in [0, 0.05) is 44.5 Å². The number of pyridine rings is 1. The molecule has 0 spiro atoms. The highest BCUT2D eigenvalue weighted by molar-refractivity contribution is 5.91. The Morgan fingerprint density at radius 3 is 3.08 bits per heavy atom. The number of hydrogen-bond acceptors (Lipinski definition) is 4. The zero-order chi connectivity index (χ0) is 16.8. The van der Waals surface area contributed by atoms with Crippen molar-refractivity contribution in [1.29, 1.82) is 0 Å². The van der Waals surface area contributed by atoms with Crippen molar-refractivity contribution in [3.05, 3.63) is 52.5 Å². The zero-order valence-corrected chi connectivity index (χ0v) is 13.5. The van der Waals surface area contributed by atoms with Crippen LogP contribution in [0.1, 0.15) is 30.7 Å². The lowest BCUT2D eigenvalue weighted by atomic mass is 10.2. The molecule has 0 unspecified atom stereocenters. The van der Waals surface area contributed by atoms with E-state index < -0.39 is 0 Å². The summed E-state index contributed by atoms with van der Waals surface area (Å²) in [6.45, 7) is 1.79. The fourth-order valence-electron chi connectivity index (χ4n) is 2.74. The predicted octanol–water partition coefficient (Wildman–Crippen LogP) is 0.996. The minimum atomic E-state index is -0.157. The van der Waals surface area contributed by atoms with Crippen molar-refractivity contribution >= 4 is 12.0 Å². The molecule has 2 aromatic heterocycles. The Bertz CT molecular complexity index is 776. The number of amides is 1. The average Bonchev–Trinajstić information content (AvgIpc) is 2.94. The number of carbonyl (C=O) groups excluding carboxylic acids is 1. The van der Waals surface area contributed by atoms with E-state index in [1.165, 1.54) is 10.8 Å². The van der Waals surface area contributed by atoms with E-state index in [9.17, 15) is 9.59 Å². The van der Waals surface area contributed by atoms with E-state index in [0.717, 1.165) is 37.2 Å². The molecular weight excluding hydrogens is 306 g/mol. The van der Waals surface area contributed by atoms with Gasteiger partial charge < -0.3 is 5.32 Å². The van der Waals surface area contributed by atoms with Crippen LogP contribution in [-0.4, -0.2) is 31.8 Å². The summed E-state index contributed by atoms with van der Waals surface area (Å²) in [5.41, 5.74) is 0.843. The topological polar surface area (TPSA) is 81.8 Å². The lowest BCUT2D eigenvalue weighted by Gasteiger charge is -2.09. The maximum atomic E-state index is 12.2. The van der Waals surface area contributed by atoms with Gasteiger partial charge in [0.05, 0.1) is 0 Å². The first-order valence-corrected chi connectivity index (χ1v) is 8.26. The molecule has 0 atom stereocenters. The number of hydrogen-bond donors (Lipinski definition) is 1. The second kappa shape index (κ2) is 7.72. The van der Waals surface area contributed by atoms with E-state index in [-0.39, 0.29) is 11.6 Å². The normalized spacial score (nSPS) is 13.8. The summed E-state index contributed by atoms with van der Waals surface area (Å²) in [5, 5.41) is 7.18. The van der Waals surface area contributed by atoms with Gasteiger partial charge in [0.15, 0.2) is 0 Å². The summed E-state index contributed by atoms with van der Waals surface area (Å²) in [6, 6.07) is 3.70. The van der Waals surface area contributed by atoms with E-state index >= 15 is 0 Å². The van der Waals surface area contributed by atoms with Crippen molar-refractivity contribution < 1.29 is 4.79 Å². The maximum Gasteiger partial charge on any atom is 0.345 e. The van der Waals surface area contributed by atoms with Crippen LogP contribution in [0.4, 0.5) is 0 Å². The van der Waals surface area contributed by atoms with E-state index in [4.69, 9.17) is 0 Å². The molecule has 1 N–H and O–H groups in total. The van der Waals surface area contributed by atoms with Crippen molar-refractivity contribution in [2.75, 3.05) is 6.54 Å². The summed E-state index contributed by atoms with van der Waals surface area (Å²) >= 11 is 0. The Balaban J connectivity index is 1.44. The molecule has 0 radical (unpaired) electrons. The molecule has 3 heterocycles. The Labute approximate surface area is 140 Å². The van der Waals surface area contributed by atoms with Gasteiger partial charge in [-0.25, -0.2) is 9.48 Å². The first kappa shape index (κ1) is 16.2. The predicted molar refractivity (Wildman–Crippen MR) is 90.3 cm³/mol. The van der Waals surface area contributed by atoms with Crippen LogP contribution in [0, 0.1) is 0 Å². The summed E-state index contributed by atoms with van der Waals surface area (Å²) in [6.07, 6.45) is 10.3. The maximum absolute atomic E-state index is 12.2. The Morgan fingerprint density at radius 1 is 1.38 bits per heavy atom. The first-order valence-electron chi connectivity index (χ1n) is 8.26. The van der Waals surface area contributed by atoms with E-state index in [0.29, 0.717) is 19.5 Å². The number of carbonyl (C=O) groups is 1. The van der Waals surface area contributed by atoms with Crippen LogP contribution in [0.15, 0.2) is 35.4 Å². The molecule has 2 aromatic rings. The molecule has 126 valence electrons. The van der Waals surface area contributed by atoms with Gasteiger partial charge in [-0.05, 0) is 37.0 Å². The molecule has 0 aromatic carbocycles. The van der Waals surface area contributed by atoms with Crippen LogP contribution >= 0.6 is 0 Å². The molecule has 1 aliphatic rings. The summed E-state index contributed by atoms with van der Waals surface area (Å²) in [4.78, 5) is 27.9. The Hall–Kier alpha value is -2.70. The molecule has 1 aliphatic heterocycles. The molecule has 0 aliphatic carbocycles. The van der Waals surface area contributed by atoms with Gasteiger partial charge in [-0.1, -0.05) is 6.07 Å². The molecule has 3 rings (SSSR count). The Morgan fingerprint density at radius 2 is 2.29 bits per heavy atom. The molecule has 0 saturated carbocycles. The summed E-state index contributed by atoms with van der Waals surface area (Å²) < 4.78 is 3.27. The zero-order valence-electron chi connectivity index (χ0n) is 13.5. The lowest BCUT2D eigenvalue weighted by Crippen LogP contribution is -2.28. The third-order valence-corrected chi connectivity index (χ3v) is 3.99. The van der Waals surface area contributed by atoms with Crippen LogP contribution in [0.25, 0.3) is 6.08 Å². The van der Waals surface area contributed by atoms with Crippen LogP contribution in [0.2, 0.25) is 0 Å². The van der Waals surface area contributed by atoms with Crippen LogP contribution < -0.4 is 11.0 Å². The minimum absolute atomic E-state index is 0.0347. The molecule has 7 heteroatoms. The number of nitrogens with zero attached hydrogens (tertiary/aromatic N) is 4. The highest BCUT2D eigenvalue weighted by Gasteiger charge is 2.16. The van der Waals surface area contributed by atoms with Crippen molar-refractivity contribution in [3.8, 4) is 0 Å². The lowest BCUT2D eigenvalue weighted by molar-refractivity contribution is -0.116. The average molecular weight is 327 g/mol. The quantitative estimate of drug-likeness (QED) is 0.634. The minimum Gasteiger partial charge on any atom is -0.352 e. The molecule has 0 saturated heterocycles. The fraction of sp³-hybridized carbons (Fsp3) is 0.412. The van der Waals surface area contributed by atoms with Crippen molar-refractivity contribution in [2.24, 2.45) is 0 Å². The second-order valence-electron chi connectivity index (χ2n) is 5.79. The molecule has 24 heavy (non-hydrogen) atoms. The van der Waals surface area contributed by atoms with Gasteiger partial charge in [0.25, 0.3) is 0 Å². The highest BCUT2D eigenvalue weighted by Crippen LogP contribution is 2.09. The molecule has 7 nitrogen and oxygen atoms in total. The van der Waals surface area contributed by atoms with Crippen molar-refractivity contribution in [1.82, 2.24) is 24.6 Å². The number of rotatable bonds is 6. The number of fused-ring (bicyclic) bond motifs is 1. The third-order valence-electron chi connectivity index (χ3n) is 3.99. The number of nitrogens with one attached hydrogen (secondary N) is 1. The van der Waals surface area contributed by atoms with E-state index in [1.807, 2.05) is 12.1 Å². The fourth-order valence-corrected chi connectivity index (χ4v) is 2.74. The first-order chi connectivity index (χ1) is 11.7. The molecule has 0 bridgehead atoms. The summed E-state index contributed by atoms with van der Waals surface area (Å²) in [7, 11) is 0. The number of aryl methyl sites for hydroxylation is 2. The van der Waals surface area contributed by atoms with Gasteiger partial charge in [0.2, 0.25) is 5.91 Å². The molecular formula is C17H21N5O2. The van der Waals surface area contributed by atoms with Gasteiger partial charge in [-0.3, -0.25) is 14.3 Å². The largest absolute Gasteiger partial charge is 0.352 e. The van der Waals surface area contributed by atoms with Gasteiger partial charge >= 0.3 is 5.69 Å². The van der Waals surface area contributed by atoms with Crippen molar-refractivity contribution in [2.45, 2.75) is 38.8 Å². The second-order valence-corrected chi connectivity index (χ2v) is 5.79. The van der Waals surface area contributed by atoms with Crippen LogP contribution in [-0.2, 0) is 24.3 Å². The smallest absolute Gasteiger partial charge is 0.345 e. The van der Waals surface area contributed by atoms with Gasteiger partial charge in [0.1, 0.15) is 5.82 Å². The number of aromatic nitrogens is 4. The van der Waals surface area contributed by atoms with Crippen molar-refractivity contribution in [3.63, 3.8) is 0 Å².